The summed E-state index contributed by atoms with van der Waals surface area (Å²) >= 11 is 0. The van der Waals surface area contributed by atoms with Crippen LogP contribution in [0.25, 0.3) is 0 Å². The lowest BCUT2D eigenvalue weighted by molar-refractivity contribution is -0.115. The minimum absolute atomic E-state index is 0.0909. The predicted octanol–water partition coefficient (Wildman–Crippen LogP) is 1.89. The average Bonchev–Trinajstić information content (AvgIpc) is 3.06. The molecule has 1 fully saturated rings. The van der Waals surface area contributed by atoms with Crippen molar-refractivity contribution in [3.05, 3.63) is 41.0 Å². The Kier molecular flexibility index (Phi) is 5.11. The molecule has 0 spiro atoms. The van der Waals surface area contributed by atoms with Crippen LogP contribution in [-0.2, 0) is 24.3 Å². The van der Waals surface area contributed by atoms with Crippen molar-refractivity contribution in [2.24, 2.45) is 5.92 Å². The van der Waals surface area contributed by atoms with Gasteiger partial charge in [-0.05, 0) is 37.1 Å². The number of carbonyl (C=O) groups excluding carboxylic acids is 1. The molecule has 1 aliphatic heterocycles. The summed E-state index contributed by atoms with van der Waals surface area (Å²) < 4.78 is 38.1. The summed E-state index contributed by atoms with van der Waals surface area (Å²) in [5, 5.41) is 0. The van der Waals surface area contributed by atoms with Gasteiger partial charge in [-0.2, -0.15) is 4.31 Å². The van der Waals surface area contributed by atoms with Crippen LogP contribution in [0, 0.1) is 12.8 Å². The molecule has 1 aromatic rings. The molecule has 0 N–H and O–H groups in total. The Hall–Kier alpha value is -1.54. The third-order valence-electron chi connectivity index (χ3n) is 5.03. The predicted molar refractivity (Wildman–Crippen MR) is 92.5 cm³/mol. The zero-order valence-corrected chi connectivity index (χ0v) is 15.5. The van der Waals surface area contributed by atoms with Crippen molar-refractivity contribution in [1.82, 2.24) is 4.31 Å². The molecule has 25 heavy (non-hydrogen) atoms. The average molecular weight is 365 g/mol. The number of ketones is 1. The highest BCUT2D eigenvalue weighted by molar-refractivity contribution is 7.89. The second-order valence-electron chi connectivity index (χ2n) is 6.59. The van der Waals surface area contributed by atoms with Crippen LogP contribution in [0.1, 0.15) is 18.9 Å². The molecule has 1 aromatic carbocycles. The highest BCUT2D eigenvalue weighted by Gasteiger charge is 2.48. The lowest BCUT2D eigenvalue weighted by Crippen LogP contribution is -2.41. The van der Waals surface area contributed by atoms with E-state index in [4.69, 9.17) is 9.47 Å². The Morgan fingerprint density at radius 1 is 1.20 bits per heavy atom. The van der Waals surface area contributed by atoms with Crippen LogP contribution in [-0.4, -0.2) is 51.6 Å². The number of benzene rings is 1. The molecule has 0 unspecified atom stereocenters. The van der Waals surface area contributed by atoms with Crippen molar-refractivity contribution in [2.45, 2.75) is 31.2 Å². The second-order valence-corrected chi connectivity index (χ2v) is 8.48. The first-order chi connectivity index (χ1) is 11.9. The maximum atomic E-state index is 13.1. The van der Waals surface area contributed by atoms with E-state index < -0.39 is 16.1 Å². The van der Waals surface area contributed by atoms with E-state index in [1.807, 2.05) is 6.92 Å². The highest BCUT2D eigenvalue weighted by Crippen LogP contribution is 2.42. The summed E-state index contributed by atoms with van der Waals surface area (Å²) in [7, 11) is -2.14. The van der Waals surface area contributed by atoms with Crippen LogP contribution < -0.4 is 0 Å². The number of carbonyl (C=O) groups is 1. The molecule has 1 aliphatic carbocycles. The number of hydrogen-bond acceptors (Lipinski definition) is 5. The summed E-state index contributed by atoms with van der Waals surface area (Å²) in [5.41, 5.74) is 2.62. The maximum absolute atomic E-state index is 13.1. The third kappa shape index (κ3) is 3.29. The number of sulfonamides is 1. The quantitative estimate of drug-likeness (QED) is 0.569. The Labute approximate surface area is 148 Å². The van der Waals surface area contributed by atoms with Crippen LogP contribution in [0.4, 0.5) is 0 Å². The zero-order chi connectivity index (χ0) is 18.2. The monoisotopic (exact) mass is 365 g/mol. The fraction of sp³-hybridized carbons (Fsp3) is 0.500. The molecule has 0 radical (unpaired) electrons. The molecule has 7 heteroatoms. The fourth-order valence-electron chi connectivity index (χ4n) is 3.58. The summed E-state index contributed by atoms with van der Waals surface area (Å²) in [6.45, 7) is 4.24. The van der Waals surface area contributed by atoms with E-state index in [1.54, 1.807) is 31.2 Å². The highest BCUT2D eigenvalue weighted by atomic mass is 32.2. The van der Waals surface area contributed by atoms with E-state index in [1.165, 1.54) is 11.4 Å². The zero-order valence-electron chi connectivity index (χ0n) is 14.7. The van der Waals surface area contributed by atoms with Gasteiger partial charge in [-0.25, -0.2) is 8.42 Å². The topological polar surface area (TPSA) is 72.9 Å². The van der Waals surface area contributed by atoms with Gasteiger partial charge in [0.1, 0.15) is 6.79 Å². The minimum atomic E-state index is -3.66. The van der Waals surface area contributed by atoms with Gasteiger partial charge in [0, 0.05) is 26.0 Å². The lowest BCUT2D eigenvalue weighted by Gasteiger charge is -2.26. The van der Waals surface area contributed by atoms with Gasteiger partial charge in [0.05, 0.1) is 17.5 Å². The SMILES string of the molecule is COCOC[C@@H]1[C@H]2CC(=O)C(C)=C2CN1S(=O)(=O)c1ccc(C)cc1. The molecule has 0 bridgehead atoms. The van der Waals surface area contributed by atoms with Crippen LogP contribution in [0.2, 0.25) is 0 Å². The van der Waals surface area contributed by atoms with E-state index >= 15 is 0 Å². The Morgan fingerprint density at radius 2 is 1.88 bits per heavy atom. The molecule has 1 saturated heterocycles. The maximum Gasteiger partial charge on any atom is 0.243 e. The van der Waals surface area contributed by atoms with Crippen molar-refractivity contribution in [3.63, 3.8) is 0 Å². The van der Waals surface area contributed by atoms with Crippen LogP contribution >= 0.6 is 0 Å². The van der Waals surface area contributed by atoms with Crippen molar-refractivity contribution < 1.29 is 22.7 Å². The van der Waals surface area contributed by atoms with Crippen LogP contribution in [0.3, 0.4) is 0 Å². The number of methoxy groups -OCH3 is 1. The van der Waals surface area contributed by atoms with Crippen molar-refractivity contribution in [3.8, 4) is 0 Å². The Morgan fingerprint density at radius 3 is 2.52 bits per heavy atom. The fourth-order valence-corrected chi connectivity index (χ4v) is 5.21. The van der Waals surface area contributed by atoms with Gasteiger partial charge in [-0.3, -0.25) is 4.79 Å². The molecule has 3 rings (SSSR count). The molecule has 0 amide bonds. The first kappa shape index (κ1) is 18.3. The van der Waals surface area contributed by atoms with Gasteiger partial charge in [-0.1, -0.05) is 17.7 Å². The molecular weight excluding hydrogens is 342 g/mol. The third-order valence-corrected chi connectivity index (χ3v) is 6.92. The summed E-state index contributed by atoms with van der Waals surface area (Å²) in [4.78, 5) is 12.3. The molecule has 2 aliphatic rings. The smallest absolute Gasteiger partial charge is 0.243 e. The summed E-state index contributed by atoms with van der Waals surface area (Å²) in [6.07, 6.45) is 0.349. The summed E-state index contributed by atoms with van der Waals surface area (Å²) in [6, 6.07) is 6.43. The van der Waals surface area contributed by atoms with Crippen LogP contribution in [0.15, 0.2) is 40.3 Å². The number of nitrogens with zero attached hydrogens (tertiary/aromatic N) is 1. The first-order valence-corrected chi connectivity index (χ1v) is 9.68. The molecule has 2 atom stereocenters. The number of ether oxygens (including phenoxy) is 2. The largest absolute Gasteiger partial charge is 0.359 e. The van der Waals surface area contributed by atoms with E-state index in [0.717, 1.165) is 11.1 Å². The van der Waals surface area contributed by atoms with E-state index in [9.17, 15) is 13.2 Å². The number of Topliss-reactive ketones (excluding diaryl/α,β-unsaturated/α-hetero) is 1. The summed E-state index contributed by atoms with van der Waals surface area (Å²) in [5.74, 6) is -0.00583. The molecule has 0 aromatic heterocycles. The standard InChI is InChI=1S/C18H23NO5S/c1-12-4-6-14(7-5-12)25(21,22)19-9-16-13(2)18(20)8-15(16)17(19)10-24-11-23-3/h4-7,15,17H,8-11H2,1-3H3/t15-,17+/m0/s1. The molecular formula is C18H23NO5S. The van der Waals surface area contributed by atoms with Gasteiger partial charge in [0.2, 0.25) is 10.0 Å². The van der Waals surface area contributed by atoms with E-state index in [-0.39, 0.29) is 36.5 Å². The second kappa shape index (κ2) is 6.99. The number of fused-ring (bicyclic) bond motifs is 1. The van der Waals surface area contributed by atoms with E-state index in [2.05, 4.69) is 0 Å². The normalized spacial score (nSPS) is 24.2. The molecule has 1 heterocycles. The number of allylic oxidation sites excluding steroid dienone is 1. The van der Waals surface area contributed by atoms with Gasteiger partial charge in [-0.15, -0.1) is 0 Å². The lowest BCUT2D eigenvalue weighted by atomic mass is 9.98. The minimum Gasteiger partial charge on any atom is -0.359 e. The van der Waals surface area contributed by atoms with Gasteiger partial charge >= 0.3 is 0 Å². The van der Waals surface area contributed by atoms with E-state index in [0.29, 0.717) is 12.0 Å². The van der Waals surface area contributed by atoms with Gasteiger partial charge < -0.3 is 9.47 Å². The first-order valence-electron chi connectivity index (χ1n) is 8.24. The Bertz CT molecular complexity index is 797. The van der Waals surface area contributed by atoms with Gasteiger partial charge in [0.25, 0.3) is 0 Å². The molecule has 0 saturated carbocycles. The number of rotatable bonds is 6. The van der Waals surface area contributed by atoms with Gasteiger partial charge in [0.15, 0.2) is 5.78 Å². The van der Waals surface area contributed by atoms with Crippen molar-refractivity contribution >= 4 is 15.8 Å². The molecule has 136 valence electrons. The number of aryl methyl sites for hydroxylation is 1. The van der Waals surface area contributed by atoms with Crippen LogP contribution in [0.5, 0.6) is 0 Å². The Balaban J connectivity index is 1.95. The van der Waals surface area contributed by atoms with Crippen molar-refractivity contribution in [2.75, 3.05) is 27.1 Å². The molecule has 6 nitrogen and oxygen atoms in total. The van der Waals surface area contributed by atoms with Crippen molar-refractivity contribution in [1.29, 1.82) is 0 Å². The number of hydrogen-bond donors (Lipinski definition) is 0.